The van der Waals surface area contributed by atoms with E-state index < -0.39 is 0 Å². The highest BCUT2D eigenvalue weighted by molar-refractivity contribution is 5.43. The Kier molecular flexibility index (Phi) is 4.55. The summed E-state index contributed by atoms with van der Waals surface area (Å²) in [5.41, 5.74) is 7.70. The van der Waals surface area contributed by atoms with E-state index in [-0.39, 0.29) is 11.6 Å². The Bertz CT molecular complexity index is 454. The quantitative estimate of drug-likeness (QED) is 0.899. The Hall–Kier alpha value is -1.26. The van der Waals surface area contributed by atoms with Crippen LogP contribution in [-0.4, -0.2) is 38.8 Å². The number of ether oxygens (including phenoxy) is 2. The Morgan fingerprint density at radius 3 is 2.30 bits per heavy atom. The van der Waals surface area contributed by atoms with Crippen molar-refractivity contribution in [1.82, 2.24) is 4.90 Å². The Morgan fingerprint density at radius 1 is 1.15 bits per heavy atom. The Balaban J connectivity index is 2.43. The second kappa shape index (κ2) is 6.02. The second-order valence-electron chi connectivity index (χ2n) is 5.79. The highest BCUT2D eigenvalue weighted by atomic mass is 16.5. The largest absolute Gasteiger partial charge is 0.497 e. The van der Waals surface area contributed by atoms with Crippen LogP contribution in [0.15, 0.2) is 18.2 Å². The third kappa shape index (κ3) is 2.50. The van der Waals surface area contributed by atoms with E-state index in [2.05, 4.69) is 19.0 Å². The molecule has 4 heteroatoms. The van der Waals surface area contributed by atoms with E-state index in [1.807, 2.05) is 18.2 Å². The lowest BCUT2D eigenvalue weighted by Gasteiger charge is -2.42. The minimum atomic E-state index is -0.0787. The summed E-state index contributed by atoms with van der Waals surface area (Å²) in [7, 11) is 7.61. The average Bonchev–Trinajstić information content (AvgIpc) is 2.96. The van der Waals surface area contributed by atoms with E-state index >= 15 is 0 Å². The van der Waals surface area contributed by atoms with Gasteiger partial charge in [-0.05, 0) is 45.1 Å². The molecule has 4 nitrogen and oxygen atoms in total. The molecular formula is C16H26N2O2. The van der Waals surface area contributed by atoms with E-state index in [4.69, 9.17) is 15.2 Å². The zero-order chi connectivity index (χ0) is 14.8. The lowest BCUT2D eigenvalue weighted by atomic mass is 9.82. The van der Waals surface area contributed by atoms with Crippen LogP contribution < -0.4 is 15.2 Å². The predicted octanol–water partition coefficient (Wildman–Crippen LogP) is 2.58. The molecule has 0 heterocycles. The smallest absolute Gasteiger partial charge is 0.123 e. The molecule has 1 aliphatic carbocycles. The van der Waals surface area contributed by atoms with Crippen LogP contribution in [-0.2, 0) is 0 Å². The molecule has 0 saturated heterocycles. The van der Waals surface area contributed by atoms with Gasteiger partial charge in [0.15, 0.2) is 0 Å². The van der Waals surface area contributed by atoms with Crippen LogP contribution in [0, 0.1) is 0 Å². The fourth-order valence-electron chi connectivity index (χ4n) is 3.40. The van der Waals surface area contributed by atoms with Gasteiger partial charge in [-0.2, -0.15) is 0 Å². The molecular weight excluding hydrogens is 252 g/mol. The zero-order valence-corrected chi connectivity index (χ0v) is 13.0. The standard InChI is InChI=1S/C16H26N2O2/c1-18(2)16(9-5-6-10-16)15(17)13-11-12(19-3)7-8-14(13)20-4/h7-8,11,15H,5-6,9-10,17H2,1-4H3. The zero-order valence-electron chi connectivity index (χ0n) is 13.0. The normalized spacial score (nSPS) is 19.1. The highest BCUT2D eigenvalue weighted by Gasteiger charge is 2.43. The topological polar surface area (TPSA) is 47.7 Å². The van der Waals surface area contributed by atoms with Crippen LogP contribution in [0.5, 0.6) is 11.5 Å². The maximum atomic E-state index is 6.66. The van der Waals surface area contributed by atoms with E-state index in [1.165, 1.54) is 12.8 Å². The van der Waals surface area contributed by atoms with Gasteiger partial charge >= 0.3 is 0 Å². The molecule has 0 aliphatic heterocycles. The molecule has 20 heavy (non-hydrogen) atoms. The third-order valence-corrected chi connectivity index (χ3v) is 4.71. The molecule has 1 saturated carbocycles. The van der Waals surface area contributed by atoms with Crippen LogP contribution >= 0.6 is 0 Å². The van der Waals surface area contributed by atoms with Crippen molar-refractivity contribution < 1.29 is 9.47 Å². The average molecular weight is 278 g/mol. The van der Waals surface area contributed by atoms with Gasteiger partial charge in [0, 0.05) is 11.1 Å². The molecule has 1 unspecified atom stereocenters. The molecule has 1 fully saturated rings. The van der Waals surface area contributed by atoms with Crippen molar-refractivity contribution in [3.05, 3.63) is 23.8 Å². The monoisotopic (exact) mass is 278 g/mol. The predicted molar refractivity (Wildman–Crippen MR) is 81.4 cm³/mol. The number of likely N-dealkylation sites (N-methyl/N-ethyl adjacent to an activating group) is 1. The summed E-state index contributed by atoms with van der Waals surface area (Å²) in [6.45, 7) is 0. The van der Waals surface area contributed by atoms with E-state index in [0.29, 0.717) is 0 Å². The first kappa shape index (κ1) is 15.1. The summed E-state index contributed by atoms with van der Waals surface area (Å²) in [5.74, 6) is 1.66. The second-order valence-corrected chi connectivity index (χ2v) is 5.79. The summed E-state index contributed by atoms with van der Waals surface area (Å²) in [6.07, 6.45) is 4.72. The van der Waals surface area contributed by atoms with Crippen molar-refractivity contribution in [2.45, 2.75) is 37.3 Å². The molecule has 112 valence electrons. The lowest BCUT2D eigenvalue weighted by molar-refractivity contribution is 0.122. The van der Waals surface area contributed by atoms with Gasteiger partial charge < -0.3 is 20.1 Å². The summed E-state index contributed by atoms with van der Waals surface area (Å²) < 4.78 is 10.8. The van der Waals surface area contributed by atoms with E-state index in [1.54, 1.807) is 14.2 Å². The SMILES string of the molecule is COc1ccc(OC)c(C(N)C2(N(C)C)CCCC2)c1. The van der Waals surface area contributed by atoms with Crippen molar-refractivity contribution in [2.24, 2.45) is 5.73 Å². The number of methoxy groups -OCH3 is 2. The van der Waals surface area contributed by atoms with Crippen LogP contribution in [0.1, 0.15) is 37.3 Å². The van der Waals surface area contributed by atoms with Crippen molar-refractivity contribution in [1.29, 1.82) is 0 Å². The Labute approximate surface area is 121 Å². The molecule has 0 amide bonds. The minimum absolute atomic E-state index is 0.0135. The summed E-state index contributed by atoms with van der Waals surface area (Å²) in [4.78, 5) is 2.28. The van der Waals surface area contributed by atoms with Crippen molar-refractivity contribution in [3.63, 3.8) is 0 Å². The highest BCUT2D eigenvalue weighted by Crippen LogP contribution is 2.44. The number of nitrogens with zero attached hydrogens (tertiary/aromatic N) is 1. The van der Waals surface area contributed by atoms with Crippen molar-refractivity contribution in [2.75, 3.05) is 28.3 Å². The first-order valence-corrected chi connectivity index (χ1v) is 7.20. The number of hydrogen-bond acceptors (Lipinski definition) is 4. The number of hydrogen-bond donors (Lipinski definition) is 1. The van der Waals surface area contributed by atoms with Crippen LogP contribution in [0.2, 0.25) is 0 Å². The lowest BCUT2D eigenvalue weighted by Crippen LogP contribution is -2.50. The molecule has 0 spiro atoms. The molecule has 1 aromatic rings. The fourth-order valence-corrected chi connectivity index (χ4v) is 3.40. The summed E-state index contributed by atoms with van der Waals surface area (Å²) in [5, 5.41) is 0. The van der Waals surface area contributed by atoms with Gasteiger partial charge in [0.2, 0.25) is 0 Å². The van der Waals surface area contributed by atoms with Crippen LogP contribution in [0.25, 0.3) is 0 Å². The van der Waals surface area contributed by atoms with E-state index in [9.17, 15) is 0 Å². The molecule has 0 bridgehead atoms. The van der Waals surface area contributed by atoms with Gasteiger partial charge in [0.05, 0.1) is 20.3 Å². The fraction of sp³-hybridized carbons (Fsp3) is 0.625. The molecule has 2 rings (SSSR count). The Morgan fingerprint density at radius 2 is 1.80 bits per heavy atom. The van der Waals surface area contributed by atoms with Crippen molar-refractivity contribution >= 4 is 0 Å². The molecule has 1 aliphatic rings. The van der Waals surface area contributed by atoms with Gasteiger partial charge in [-0.1, -0.05) is 12.8 Å². The maximum absolute atomic E-state index is 6.66. The van der Waals surface area contributed by atoms with Gasteiger partial charge in [-0.15, -0.1) is 0 Å². The van der Waals surface area contributed by atoms with Crippen molar-refractivity contribution in [3.8, 4) is 11.5 Å². The van der Waals surface area contributed by atoms with Gasteiger partial charge in [-0.25, -0.2) is 0 Å². The summed E-state index contributed by atoms with van der Waals surface area (Å²) >= 11 is 0. The molecule has 1 aromatic carbocycles. The molecule has 1 atom stereocenters. The molecule has 0 radical (unpaired) electrons. The maximum Gasteiger partial charge on any atom is 0.123 e. The first-order valence-electron chi connectivity index (χ1n) is 7.20. The number of nitrogens with two attached hydrogens (primary N) is 1. The third-order valence-electron chi connectivity index (χ3n) is 4.71. The van der Waals surface area contributed by atoms with Gasteiger partial charge in [-0.3, -0.25) is 0 Å². The number of rotatable bonds is 5. The van der Waals surface area contributed by atoms with Crippen LogP contribution in [0.4, 0.5) is 0 Å². The van der Waals surface area contributed by atoms with Gasteiger partial charge in [0.1, 0.15) is 11.5 Å². The molecule has 0 aromatic heterocycles. The molecule has 2 N–H and O–H groups in total. The minimum Gasteiger partial charge on any atom is -0.497 e. The first-order chi connectivity index (χ1) is 9.55. The van der Waals surface area contributed by atoms with Gasteiger partial charge in [0.25, 0.3) is 0 Å². The number of benzene rings is 1. The van der Waals surface area contributed by atoms with Crippen LogP contribution in [0.3, 0.4) is 0 Å². The van der Waals surface area contributed by atoms with E-state index in [0.717, 1.165) is 29.9 Å². The summed E-state index contributed by atoms with van der Waals surface area (Å²) in [6, 6.07) is 5.77.